The molecule has 4 aliphatic rings. The number of hydrogen-bond donors (Lipinski definition) is 1. The number of aromatic carboxylic acids is 1. The number of carboxylic acid groups (broad SMARTS) is 1. The third-order valence-corrected chi connectivity index (χ3v) is 5.59. The molecule has 4 bridgehead atoms. The van der Waals surface area contributed by atoms with Crippen LogP contribution in [0.25, 0.3) is 0 Å². The molecule has 0 amide bonds. The number of nitro groups is 1. The zero-order valence-corrected chi connectivity index (χ0v) is 11.5. The maximum absolute atomic E-state index is 11.1. The number of carboxylic acids is 1. The van der Waals surface area contributed by atoms with E-state index in [1.165, 1.54) is 12.6 Å². The Hall–Kier alpha value is -1.92. The van der Waals surface area contributed by atoms with Gasteiger partial charge in [-0.05, 0) is 55.8 Å². The summed E-state index contributed by atoms with van der Waals surface area (Å²) in [7, 11) is 0. The number of aromatic nitrogens is 2. The Kier molecular flexibility index (Phi) is 2.61. The zero-order chi connectivity index (χ0) is 14.7. The first-order chi connectivity index (χ1) is 10.0. The highest BCUT2D eigenvalue weighted by Crippen LogP contribution is 2.58. The molecular weight excluding hydrogens is 274 g/mol. The van der Waals surface area contributed by atoms with Gasteiger partial charge in [0.05, 0.1) is 11.0 Å². The molecule has 4 aliphatic carbocycles. The van der Waals surface area contributed by atoms with E-state index in [0.29, 0.717) is 11.8 Å². The lowest BCUT2D eigenvalue weighted by molar-refractivity contribution is -0.385. The molecule has 1 heterocycles. The molecule has 4 saturated carbocycles. The van der Waals surface area contributed by atoms with Crippen molar-refractivity contribution in [3.63, 3.8) is 0 Å². The van der Waals surface area contributed by atoms with Crippen LogP contribution in [0.3, 0.4) is 0 Å². The molecule has 5 rings (SSSR count). The third kappa shape index (κ3) is 1.86. The van der Waals surface area contributed by atoms with Gasteiger partial charge in [0.15, 0.2) is 0 Å². The van der Waals surface area contributed by atoms with Crippen molar-refractivity contribution in [3.8, 4) is 0 Å². The molecule has 0 radical (unpaired) electrons. The fourth-order valence-electron chi connectivity index (χ4n) is 5.15. The first kappa shape index (κ1) is 12.8. The number of carbonyl (C=O) groups is 1. The Morgan fingerprint density at radius 1 is 1.24 bits per heavy atom. The van der Waals surface area contributed by atoms with Crippen molar-refractivity contribution in [2.24, 2.45) is 23.7 Å². The van der Waals surface area contributed by atoms with Gasteiger partial charge in [0.25, 0.3) is 0 Å². The van der Waals surface area contributed by atoms with E-state index in [2.05, 4.69) is 5.10 Å². The van der Waals surface area contributed by atoms with Crippen LogP contribution in [0.15, 0.2) is 6.20 Å². The molecule has 7 nitrogen and oxygen atoms in total. The van der Waals surface area contributed by atoms with E-state index < -0.39 is 22.3 Å². The summed E-state index contributed by atoms with van der Waals surface area (Å²) in [5, 5.41) is 24.2. The van der Waals surface area contributed by atoms with Crippen LogP contribution in [0.1, 0.15) is 48.6 Å². The highest BCUT2D eigenvalue weighted by atomic mass is 16.6. The fraction of sp³-hybridized carbons (Fsp3) is 0.714. The van der Waals surface area contributed by atoms with Gasteiger partial charge in [-0.2, -0.15) is 5.10 Å². The molecule has 1 aromatic rings. The number of nitrogens with zero attached hydrogens (tertiary/aromatic N) is 3. The fourth-order valence-corrected chi connectivity index (χ4v) is 5.15. The third-order valence-electron chi connectivity index (χ3n) is 5.59. The van der Waals surface area contributed by atoms with E-state index in [0.717, 1.165) is 37.5 Å². The van der Waals surface area contributed by atoms with Gasteiger partial charge in [-0.1, -0.05) is 0 Å². The van der Waals surface area contributed by atoms with E-state index in [1.807, 2.05) is 0 Å². The smallest absolute Gasteiger partial charge is 0.363 e. The van der Waals surface area contributed by atoms with E-state index >= 15 is 0 Å². The normalized spacial score (nSPS) is 36.9. The second kappa shape index (κ2) is 4.29. The minimum atomic E-state index is -1.33. The molecule has 21 heavy (non-hydrogen) atoms. The van der Waals surface area contributed by atoms with Crippen molar-refractivity contribution < 1.29 is 14.8 Å². The maximum Gasteiger partial charge on any atom is 0.363 e. The van der Waals surface area contributed by atoms with Crippen LogP contribution in [0.2, 0.25) is 0 Å². The van der Waals surface area contributed by atoms with Crippen LogP contribution in [0.4, 0.5) is 5.69 Å². The molecule has 0 spiro atoms. The zero-order valence-electron chi connectivity index (χ0n) is 11.5. The molecule has 0 aliphatic heterocycles. The SMILES string of the molecule is O=C(O)c1nn(C2C3CC4CC(C3)CC2C4)cc1[N+](=O)[O-]. The second-order valence-electron chi connectivity index (χ2n) is 6.83. The van der Waals surface area contributed by atoms with Crippen molar-refractivity contribution in [2.75, 3.05) is 0 Å². The molecule has 0 saturated heterocycles. The summed E-state index contributed by atoms with van der Waals surface area (Å²) in [6.45, 7) is 0. The van der Waals surface area contributed by atoms with E-state index in [9.17, 15) is 14.9 Å². The summed E-state index contributed by atoms with van der Waals surface area (Å²) in [6, 6.07) is 0.143. The molecule has 0 unspecified atom stereocenters. The van der Waals surface area contributed by atoms with Crippen molar-refractivity contribution in [2.45, 2.75) is 38.1 Å². The predicted octanol–water partition coefficient (Wildman–Crippen LogP) is 2.49. The minimum Gasteiger partial charge on any atom is -0.476 e. The molecule has 0 atom stereocenters. The van der Waals surface area contributed by atoms with Gasteiger partial charge in [0.1, 0.15) is 6.20 Å². The molecule has 1 N–H and O–H groups in total. The second-order valence-corrected chi connectivity index (χ2v) is 6.83. The van der Waals surface area contributed by atoms with Gasteiger partial charge in [-0.15, -0.1) is 0 Å². The van der Waals surface area contributed by atoms with Gasteiger partial charge in [0, 0.05) is 0 Å². The van der Waals surface area contributed by atoms with Crippen LogP contribution >= 0.6 is 0 Å². The van der Waals surface area contributed by atoms with Gasteiger partial charge < -0.3 is 5.11 Å². The van der Waals surface area contributed by atoms with E-state index in [1.54, 1.807) is 4.68 Å². The highest BCUT2D eigenvalue weighted by Gasteiger charge is 2.49. The molecule has 0 aromatic carbocycles. The van der Waals surface area contributed by atoms with Crippen LogP contribution in [-0.2, 0) is 0 Å². The monoisotopic (exact) mass is 291 g/mol. The predicted molar refractivity (Wildman–Crippen MR) is 71.9 cm³/mol. The van der Waals surface area contributed by atoms with Crippen molar-refractivity contribution in [3.05, 3.63) is 22.0 Å². The lowest BCUT2D eigenvalue weighted by Crippen LogP contribution is -2.46. The average Bonchev–Trinajstić information content (AvgIpc) is 2.82. The van der Waals surface area contributed by atoms with Crippen molar-refractivity contribution >= 4 is 11.7 Å². The maximum atomic E-state index is 11.1. The number of rotatable bonds is 3. The van der Waals surface area contributed by atoms with E-state index in [-0.39, 0.29) is 6.04 Å². The molecule has 1 aromatic heterocycles. The summed E-state index contributed by atoms with van der Waals surface area (Å²) in [6.07, 6.45) is 7.30. The van der Waals surface area contributed by atoms with Crippen LogP contribution in [-0.4, -0.2) is 25.8 Å². The minimum absolute atomic E-state index is 0.143. The largest absolute Gasteiger partial charge is 0.476 e. The molecule has 112 valence electrons. The van der Waals surface area contributed by atoms with Gasteiger partial charge >= 0.3 is 11.7 Å². The first-order valence-electron chi connectivity index (χ1n) is 7.49. The molecule has 4 fully saturated rings. The molecule has 7 heteroatoms. The Bertz CT molecular complexity index is 564. The topological polar surface area (TPSA) is 98.3 Å². The average molecular weight is 291 g/mol. The summed E-state index contributed by atoms with van der Waals surface area (Å²) in [5.74, 6) is 1.27. The summed E-state index contributed by atoms with van der Waals surface area (Å²) < 4.78 is 1.59. The molecular formula is C14H17N3O4. The van der Waals surface area contributed by atoms with Crippen LogP contribution < -0.4 is 0 Å². The van der Waals surface area contributed by atoms with E-state index in [4.69, 9.17) is 5.11 Å². The first-order valence-corrected chi connectivity index (χ1v) is 7.49. The summed E-state index contributed by atoms with van der Waals surface area (Å²) in [4.78, 5) is 21.5. The standard InChI is InChI=1S/C14H17N3O4/c18-14(19)12-11(17(20)21)6-16(15-12)13-9-2-7-1-8(4-9)5-10(13)3-7/h6-10,13H,1-5H2,(H,18,19). The Labute approximate surface area is 121 Å². The summed E-state index contributed by atoms with van der Waals surface area (Å²) in [5.41, 5.74) is -0.829. The summed E-state index contributed by atoms with van der Waals surface area (Å²) >= 11 is 0. The number of hydrogen-bond acceptors (Lipinski definition) is 4. The highest BCUT2D eigenvalue weighted by molar-refractivity contribution is 5.89. The van der Waals surface area contributed by atoms with Crippen molar-refractivity contribution in [1.29, 1.82) is 0 Å². The van der Waals surface area contributed by atoms with Crippen LogP contribution in [0.5, 0.6) is 0 Å². The van der Waals surface area contributed by atoms with Gasteiger partial charge in [-0.3, -0.25) is 14.8 Å². The van der Waals surface area contributed by atoms with Crippen molar-refractivity contribution in [1.82, 2.24) is 9.78 Å². The Balaban J connectivity index is 1.72. The van der Waals surface area contributed by atoms with Gasteiger partial charge in [0.2, 0.25) is 5.69 Å². The Morgan fingerprint density at radius 2 is 1.81 bits per heavy atom. The Morgan fingerprint density at radius 3 is 2.24 bits per heavy atom. The quantitative estimate of drug-likeness (QED) is 0.681. The van der Waals surface area contributed by atoms with Gasteiger partial charge in [-0.25, -0.2) is 4.79 Å². The van der Waals surface area contributed by atoms with Crippen LogP contribution in [0, 0.1) is 33.8 Å². The lowest BCUT2D eigenvalue weighted by Gasteiger charge is -2.54. The lowest BCUT2D eigenvalue weighted by atomic mass is 9.54.